The average Bonchev–Trinajstić information content (AvgIpc) is 2.59. The summed E-state index contributed by atoms with van der Waals surface area (Å²) in [7, 11) is 0. The van der Waals surface area contributed by atoms with Crippen molar-refractivity contribution in [2.45, 2.75) is 33.2 Å². The Morgan fingerprint density at radius 3 is 2.18 bits per heavy atom. The minimum Gasteiger partial charge on any atom is -0.334 e. The van der Waals surface area contributed by atoms with Crippen molar-refractivity contribution in [2.24, 2.45) is 5.92 Å². The van der Waals surface area contributed by atoms with Crippen LogP contribution in [0, 0.1) is 5.92 Å². The minimum absolute atomic E-state index is 0.118. The van der Waals surface area contributed by atoms with Crippen LogP contribution < -0.4 is 0 Å². The van der Waals surface area contributed by atoms with Crippen LogP contribution in [0.4, 0.5) is 0 Å². The van der Waals surface area contributed by atoms with Crippen LogP contribution in [0.15, 0.2) is 60.7 Å². The summed E-state index contributed by atoms with van der Waals surface area (Å²) in [6.07, 6.45) is 2.20. The molecule has 0 fully saturated rings. The van der Waals surface area contributed by atoms with Gasteiger partial charge in [0.15, 0.2) is 0 Å². The van der Waals surface area contributed by atoms with Crippen LogP contribution in [0.5, 0.6) is 0 Å². The quantitative estimate of drug-likeness (QED) is 0.721. The summed E-state index contributed by atoms with van der Waals surface area (Å²) in [4.78, 5) is 14.7. The Morgan fingerprint density at radius 1 is 1.00 bits per heavy atom. The lowest BCUT2D eigenvalue weighted by molar-refractivity contribution is 0.0734. The molecule has 0 aromatic heterocycles. The van der Waals surface area contributed by atoms with Crippen molar-refractivity contribution < 1.29 is 4.79 Å². The number of carbonyl (C=O) groups is 1. The molecule has 0 aliphatic heterocycles. The van der Waals surface area contributed by atoms with E-state index in [1.54, 1.807) is 0 Å². The summed E-state index contributed by atoms with van der Waals surface area (Å²) >= 11 is 0. The molecule has 0 N–H and O–H groups in total. The second kappa shape index (κ2) is 8.38. The number of hydrogen-bond donors (Lipinski definition) is 0. The maximum absolute atomic E-state index is 12.8. The van der Waals surface area contributed by atoms with Gasteiger partial charge in [0, 0.05) is 18.7 Å². The molecule has 1 atom stereocenters. The van der Waals surface area contributed by atoms with Crippen molar-refractivity contribution in [3.05, 3.63) is 71.8 Å². The largest absolute Gasteiger partial charge is 0.334 e. The molecular weight excluding hydrogens is 270 g/mol. The van der Waals surface area contributed by atoms with E-state index in [1.165, 1.54) is 5.56 Å². The Balaban J connectivity index is 2.12. The minimum atomic E-state index is 0.118. The van der Waals surface area contributed by atoms with Gasteiger partial charge in [0.25, 0.3) is 5.91 Å². The van der Waals surface area contributed by atoms with Crippen molar-refractivity contribution in [3.8, 4) is 0 Å². The van der Waals surface area contributed by atoms with Gasteiger partial charge in [0.05, 0.1) is 0 Å². The first-order valence-electron chi connectivity index (χ1n) is 8.09. The third kappa shape index (κ3) is 4.73. The second-order valence-corrected chi connectivity index (χ2v) is 5.88. The number of carbonyl (C=O) groups excluding carboxylic acids is 1. The van der Waals surface area contributed by atoms with Crippen molar-refractivity contribution in [2.75, 3.05) is 6.54 Å². The molecule has 22 heavy (non-hydrogen) atoms. The SMILES string of the molecule is CCC(C)CCN(Cc1ccccc1)C(=O)c1ccccc1. The van der Waals surface area contributed by atoms with Gasteiger partial charge in [-0.15, -0.1) is 0 Å². The van der Waals surface area contributed by atoms with E-state index in [0.29, 0.717) is 12.5 Å². The van der Waals surface area contributed by atoms with Crippen molar-refractivity contribution in [1.82, 2.24) is 4.90 Å². The summed E-state index contributed by atoms with van der Waals surface area (Å²) in [5.74, 6) is 0.759. The predicted octanol–water partition coefficient (Wildman–Crippen LogP) is 4.77. The van der Waals surface area contributed by atoms with E-state index in [9.17, 15) is 4.79 Å². The fourth-order valence-electron chi connectivity index (χ4n) is 2.40. The van der Waals surface area contributed by atoms with Gasteiger partial charge in [-0.05, 0) is 30.0 Å². The van der Waals surface area contributed by atoms with E-state index in [4.69, 9.17) is 0 Å². The second-order valence-electron chi connectivity index (χ2n) is 5.88. The van der Waals surface area contributed by atoms with Gasteiger partial charge in [-0.3, -0.25) is 4.79 Å². The molecule has 2 aromatic carbocycles. The van der Waals surface area contributed by atoms with Gasteiger partial charge in [0.1, 0.15) is 0 Å². The number of hydrogen-bond acceptors (Lipinski definition) is 1. The lowest BCUT2D eigenvalue weighted by atomic mass is 10.0. The standard InChI is InChI=1S/C20H25NO/c1-3-17(2)14-15-21(16-18-10-6-4-7-11-18)20(22)19-12-8-5-9-13-19/h4-13,17H,3,14-16H2,1-2H3. The van der Waals surface area contributed by atoms with E-state index in [1.807, 2.05) is 53.4 Å². The van der Waals surface area contributed by atoms with Crippen molar-refractivity contribution in [1.29, 1.82) is 0 Å². The number of benzene rings is 2. The molecule has 2 heteroatoms. The fourth-order valence-corrected chi connectivity index (χ4v) is 2.40. The summed E-state index contributed by atoms with van der Waals surface area (Å²) in [5, 5.41) is 0. The summed E-state index contributed by atoms with van der Waals surface area (Å²) in [5.41, 5.74) is 1.94. The van der Waals surface area contributed by atoms with Gasteiger partial charge in [-0.1, -0.05) is 68.8 Å². The Morgan fingerprint density at radius 2 is 1.59 bits per heavy atom. The van der Waals surface area contributed by atoms with Gasteiger partial charge < -0.3 is 4.90 Å². The van der Waals surface area contributed by atoms with Crippen LogP contribution in [0.2, 0.25) is 0 Å². The smallest absolute Gasteiger partial charge is 0.254 e. The Hall–Kier alpha value is -2.09. The third-order valence-electron chi connectivity index (χ3n) is 4.11. The van der Waals surface area contributed by atoms with Crippen LogP contribution >= 0.6 is 0 Å². The number of rotatable bonds is 7. The van der Waals surface area contributed by atoms with E-state index < -0.39 is 0 Å². The first kappa shape index (κ1) is 16.3. The summed E-state index contributed by atoms with van der Waals surface area (Å²) in [6.45, 7) is 5.92. The van der Waals surface area contributed by atoms with Gasteiger partial charge in [-0.25, -0.2) is 0 Å². The Bertz CT molecular complexity index is 565. The van der Waals surface area contributed by atoms with E-state index in [-0.39, 0.29) is 5.91 Å². The van der Waals surface area contributed by atoms with Crippen LogP contribution in [0.1, 0.15) is 42.6 Å². The maximum Gasteiger partial charge on any atom is 0.254 e. The predicted molar refractivity (Wildman–Crippen MR) is 91.7 cm³/mol. The molecule has 0 saturated heterocycles. The zero-order valence-electron chi connectivity index (χ0n) is 13.5. The van der Waals surface area contributed by atoms with Gasteiger partial charge >= 0.3 is 0 Å². The number of amides is 1. The zero-order valence-corrected chi connectivity index (χ0v) is 13.5. The Labute approximate surface area is 133 Å². The molecule has 0 bridgehead atoms. The molecule has 0 aliphatic rings. The molecule has 2 nitrogen and oxygen atoms in total. The fraction of sp³-hybridized carbons (Fsp3) is 0.350. The highest BCUT2D eigenvalue weighted by Crippen LogP contribution is 2.14. The normalized spacial score (nSPS) is 11.9. The van der Waals surface area contributed by atoms with Crippen molar-refractivity contribution in [3.63, 3.8) is 0 Å². The molecule has 0 radical (unpaired) electrons. The monoisotopic (exact) mass is 295 g/mol. The van der Waals surface area contributed by atoms with Crippen LogP contribution in [0.25, 0.3) is 0 Å². The zero-order chi connectivity index (χ0) is 15.8. The highest BCUT2D eigenvalue weighted by Gasteiger charge is 2.16. The maximum atomic E-state index is 12.8. The molecule has 2 aromatic rings. The van der Waals surface area contributed by atoms with E-state index in [0.717, 1.165) is 24.9 Å². The molecule has 1 amide bonds. The molecule has 0 saturated carbocycles. The molecule has 1 unspecified atom stereocenters. The summed E-state index contributed by atoms with van der Waals surface area (Å²) in [6, 6.07) is 19.8. The molecule has 0 aliphatic carbocycles. The highest BCUT2D eigenvalue weighted by atomic mass is 16.2. The summed E-state index contributed by atoms with van der Waals surface area (Å²) < 4.78 is 0. The van der Waals surface area contributed by atoms with Gasteiger partial charge in [-0.2, -0.15) is 0 Å². The highest BCUT2D eigenvalue weighted by molar-refractivity contribution is 5.94. The molecule has 0 heterocycles. The van der Waals surface area contributed by atoms with E-state index >= 15 is 0 Å². The lowest BCUT2D eigenvalue weighted by Gasteiger charge is -2.24. The first-order chi connectivity index (χ1) is 10.7. The Kier molecular flexibility index (Phi) is 6.20. The number of nitrogens with zero attached hydrogens (tertiary/aromatic N) is 1. The van der Waals surface area contributed by atoms with Crippen LogP contribution in [-0.2, 0) is 6.54 Å². The van der Waals surface area contributed by atoms with E-state index in [2.05, 4.69) is 26.0 Å². The van der Waals surface area contributed by atoms with Crippen LogP contribution in [-0.4, -0.2) is 17.4 Å². The molecule has 116 valence electrons. The van der Waals surface area contributed by atoms with Crippen LogP contribution in [0.3, 0.4) is 0 Å². The molecule has 0 spiro atoms. The molecule has 2 rings (SSSR count). The first-order valence-corrected chi connectivity index (χ1v) is 8.09. The molecular formula is C20H25NO. The topological polar surface area (TPSA) is 20.3 Å². The lowest BCUT2D eigenvalue weighted by Crippen LogP contribution is -2.32. The average molecular weight is 295 g/mol. The van der Waals surface area contributed by atoms with Gasteiger partial charge in [0.2, 0.25) is 0 Å². The third-order valence-corrected chi connectivity index (χ3v) is 4.11. The van der Waals surface area contributed by atoms with Crippen molar-refractivity contribution >= 4 is 5.91 Å².